The van der Waals surface area contributed by atoms with E-state index >= 15 is 0 Å². The lowest BCUT2D eigenvalue weighted by molar-refractivity contribution is 0.192. The predicted molar refractivity (Wildman–Crippen MR) is 58.3 cm³/mol. The number of hydrogen-bond acceptors (Lipinski definition) is 2. The maximum atomic E-state index is 13.5. The molecule has 15 heavy (non-hydrogen) atoms. The minimum absolute atomic E-state index is 0.0794. The van der Waals surface area contributed by atoms with Crippen LogP contribution in [0.15, 0.2) is 23.2 Å². The molecule has 0 aromatic heterocycles. The van der Waals surface area contributed by atoms with Gasteiger partial charge in [0.1, 0.15) is 11.3 Å². The number of nitrogens with zero attached hydrogens (tertiary/aromatic N) is 1. The van der Waals surface area contributed by atoms with E-state index in [0.29, 0.717) is 10.7 Å². The van der Waals surface area contributed by atoms with Gasteiger partial charge in [-0.25, -0.2) is 4.39 Å². The zero-order valence-electron chi connectivity index (χ0n) is 8.50. The summed E-state index contributed by atoms with van der Waals surface area (Å²) in [5, 5.41) is 0.307. The predicted octanol–water partition coefficient (Wildman–Crippen LogP) is 2.98. The number of hydrogen-bond donors (Lipinski definition) is 0. The zero-order chi connectivity index (χ0) is 11.0. The lowest BCUT2D eigenvalue weighted by Gasteiger charge is -2.16. The fraction of sp³-hybridized carbons (Fsp3) is 0.364. The third-order valence-corrected chi connectivity index (χ3v) is 2.79. The molecule has 0 N–H and O–H groups in total. The molecule has 0 bridgehead atoms. The van der Waals surface area contributed by atoms with Gasteiger partial charge in [0.15, 0.2) is 11.6 Å². The van der Waals surface area contributed by atoms with Gasteiger partial charge in [0.25, 0.3) is 0 Å². The summed E-state index contributed by atoms with van der Waals surface area (Å²) in [5.74, 6) is -0.204. The van der Waals surface area contributed by atoms with Crippen molar-refractivity contribution in [2.24, 2.45) is 4.99 Å². The van der Waals surface area contributed by atoms with E-state index in [-0.39, 0.29) is 17.9 Å². The Morgan fingerprint density at radius 2 is 2.13 bits per heavy atom. The summed E-state index contributed by atoms with van der Waals surface area (Å²) in [6, 6.07) is 4.57. The van der Waals surface area contributed by atoms with Gasteiger partial charge in [-0.1, -0.05) is 17.7 Å². The largest absolute Gasteiger partial charge is 0.485 e. The topological polar surface area (TPSA) is 21.6 Å². The summed E-state index contributed by atoms with van der Waals surface area (Å²) in [5.41, 5.74) is 0.521. The molecule has 1 aliphatic heterocycles. The first-order valence-electron chi connectivity index (χ1n) is 4.78. The maximum absolute atomic E-state index is 13.5. The molecule has 0 fully saturated rings. The average molecular weight is 228 g/mol. The summed E-state index contributed by atoms with van der Waals surface area (Å²) in [4.78, 5) is 4.23. The molecular formula is C11H11ClFNO. The maximum Gasteiger partial charge on any atom is 0.165 e. The Labute approximate surface area is 92.7 Å². The van der Waals surface area contributed by atoms with Crippen molar-refractivity contribution in [3.63, 3.8) is 0 Å². The Morgan fingerprint density at radius 3 is 2.87 bits per heavy atom. The van der Waals surface area contributed by atoms with Gasteiger partial charge in [0.2, 0.25) is 0 Å². The SMILES string of the molecule is C[C@H]1N=C(Cl)c2cccc(F)c2O[C@@H]1C. The molecule has 0 spiro atoms. The molecule has 0 saturated carbocycles. The molecule has 1 aromatic rings. The summed E-state index contributed by atoms with van der Waals surface area (Å²) in [6.45, 7) is 3.73. The van der Waals surface area contributed by atoms with Crippen LogP contribution in [0.2, 0.25) is 0 Å². The van der Waals surface area contributed by atoms with Crippen molar-refractivity contribution >= 4 is 16.8 Å². The van der Waals surface area contributed by atoms with E-state index in [9.17, 15) is 4.39 Å². The molecule has 1 aliphatic rings. The molecule has 2 nitrogen and oxygen atoms in total. The van der Waals surface area contributed by atoms with Crippen LogP contribution in [0.5, 0.6) is 5.75 Å². The molecule has 1 heterocycles. The Morgan fingerprint density at radius 1 is 1.40 bits per heavy atom. The second kappa shape index (κ2) is 3.81. The van der Waals surface area contributed by atoms with E-state index in [1.807, 2.05) is 13.8 Å². The van der Waals surface area contributed by atoms with Crippen molar-refractivity contribution in [1.29, 1.82) is 0 Å². The van der Waals surface area contributed by atoms with Crippen LogP contribution in [0.4, 0.5) is 4.39 Å². The van der Waals surface area contributed by atoms with E-state index in [1.165, 1.54) is 6.07 Å². The number of rotatable bonds is 0. The van der Waals surface area contributed by atoms with Gasteiger partial charge in [-0.05, 0) is 26.0 Å². The zero-order valence-corrected chi connectivity index (χ0v) is 9.25. The minimum atomic E-state index is -0.401. The van der Waals surface area contributed by atoms with E-state index in [2.05, 4.69) is 4.99 Å². The van der Waals surface area contributed by atoms with E-state index in [1.54, 1.807) is 12.1 Å². The van der Waals surface area contributed by atoms with Crippen LogP contribution in [0.3, 0.4) is 0 Å². The molecular weight excluding hydrogens is 217 g/mol. The Bertz CT molecular complexity index is 419. The Hall–Kier alpha value is -1.09. The molecule has 1 aromatic carbocycles. The van der Waals surface area contributed by atoms with Crippen molar-refractivity contribution in [2.75, 3.05) is 0 Å². The van der Waals surface area contributed by atoms with Crippen LogP contribution in [0.25, 0.3) is 0 Å². The highest BCUT2D eigenvalue weighted by Crippen LogP contribution is 2.29. The highest BCUT2D eigenvalue weighted by atomic mass is 35.5. The summed E-state index contributed by atoms with van der Waals surface area (Å²) < 4.78 is 19.0. The fourth-order valence-electron chi connectivity index (χ4n) is 1.43. The number of para-hydroxylation sites is 1. The van der Waals surface area contributed by atoms with Crippen molar-refractivity contribution in [1.82, 2.24) is 0 Å². The number of halogens is 2. The van der Waals surface area contributed by atoms with Crippen LogP contribution in [-0.2, 0) is 0 Å². The number of ether oxygens (including phenoxy) is 1. The van der Waals surface area contributed by atoms with Gasteiger partial charge in [0.05, 0.1) is 11.6 Å². The molecule has 0 amide bonds. The first-order chi connectivity index (χ1) is 7.09. The third kappa shape index (κ3) is 1.84. The lowest BCUT2D eigenvalue weighted by Crippen LogP contribution is -2.23. The molecule has 2 rings (SSSR count). The summed E-state index contributed by atoms with van der Waals surface area (Å²) >= 11 is 5.99. The number of aliphatic imine (C=N–C) groups is 1. The monoisotopic (exact) mass is 227 g/mol. The Balaban J connectivity index is 2.57. The second-order valence-electron chi connectivity index (χ2n) is 3.60. The molecule has 0 unspecified atom stereocenters. The quantitative estimate of drug-likeness (QED) is 0.668. The van der Waals surface area contributed by atoms with Gasteiger partial charge >= 0.3 is 0 Å². The standard InChI is InChI=1S/C11H11ClFNO/c1-6-7(2)15-10-8(11(12)14-6)4-3-5-9(10)13/h3-7H,1-2H3/t6-,7-/m1/s1. The van der Waals surface area contributed by atoms with Crippen molar-refractivity contribution in [2.45, 2.75) is 26.0 Å². The fourth-order valence-corrected chi connectivity index (χ4v) is 1.73. The second-order valence-corrected chi connectivity index (χ2v) is 3.96. The number of fused-ring (bicyclic) bond motifs is 1. The summed E-state index contributed by atoms with van der Waals surface area (Å²) in [6.07, 6.45) is -0.183. The van der Waals surface area contributed by atoms with Crippen molar-refractivity contribution < 1.29 is 9.13 Å². The van der Waals surface area contributed by atoms with Crippen molar-refractivity contribution in [3.05, 3.63) is 29.6 Å². The van der Waals surface area contributed by atoms with Gasteiger partial charge in [0, 0.05) is 0 Å². The van der Waals surface area contributed by atoms with E-state index < -0.39 is 5.82 Å². The molecule has 0 radical (unpaired) electrons. The molecule has 0 saturated heterocycles. The van der Waals surface area contributed by atoms with Gasteiger partial charge in [-0.15, -0.1) is 0 Å². The molecule has 80 valence electrons. The van der Waals surface area contributed by atoms with Gasteiger partial charge in [-0.3, -0.25) is 4.99 Å². The normalized spacial score (nSPS) is 24.9. The average Bonchev–Trinajstić information content (AvgIpc) is 2.29. The first-order valence-corrected chi connectivity index (χ1v) is 5.16. The lowest BCUT2D eigenvalue weighted by atomic mass is 10.2. The van der Waals surface area contributed by atoms with E-state index in [4.69, 9.17) is 16.3 Å². The van der Waals surface area contributed by atoms with Crippen LogP contribution in [0, 0.1) is 5.82 Å². The van der Waals surface area contributed by atoms with Gasteiger partial charge < -0.3 is 4.74 Å². The summed E-state index contributed by atoms with van der Waals surface area (Å²) in [7, 11) is 0. The van der Waals surface area contributed by atoms with Crippen LogP contribution in [-0.4, -0.2) is 17.3 Å². The highest BCUT2D eigenvalue weighted by molar-refractivity contribution is 6.70. The van der Waals surface area contributed by atoms with Crippen LogP contribution >= 0.6 is 11.6 Å². The first kappa shape index (κ1) is 10.4. The highest BCUT2D eigenvalue weighted by Gasteiger charge is 2.23. The number of benzene rings is 1. The molecule has 4 heteroatoms. The Kier molecular flexibility index (Phi) is 2.65. The van der Waals surface area contributed by atoms with Gasteiger partial charge in [-0.2, -0.15) is 0 Å². The molecule has 2 atom stereocenters. The minimum Gasteiger partial charge on any atom is -0.485 e. The van der Waals surface area contributed by atoms with E-state index in [0.717, 1.165) is 0 Å². The van der Waals surface area contributed by atoms with Crippen LogP contribution < -0.4 is 4.74 Å². The molecule has 0 aliphatic carbocycles. The van der Waals surface area contributed by atoms with Crippen molar-refractivity contribution in [3.8, 4) is 5.75 Å². The third-order valence-electron chi connectivity index (χ3n) is 2.49. The smallest absolute Gasteiger partial charge is 0.165 e. The van der Waals surface area contributed by atoms with Crippen LogP contribution in [0.1, 0.15) is 19.4 Å².